The Bertz CT molecular complexity index is 327. The van der Waals surface area contributed by atoms with Crippen molar-refractivity contribution < 1.29 is 0 Å². The second-order valence-corrected chi connectivity index (χ2v) is 2.41. The molecule has 0 bridgehead atoms. The summed E-state index contributed by atoms with van der Waals surface area (Å²) in [4.78, 5) is 8.01. The van der Waals surface area contributed by atoms with Gasteiger partial charge in [-0.2, -0.15) is 5.10 Å². The molecule has 2 heterocycles. The molecular weight excluding hydrogens is 152 g/mol. The molecule has 0 atom stereocenters. The topological polar surface area (TPSA) is 43.6 Å². The molecule has 0 fully saturated rings. The van der Waals surface area contributed by atoms with Crippen molar-refractivity contribution in [2.75, 3.05) is 0 Å². The van der Waals surface area contributed by atoms with Gasteiger partial charge in [-0.05, 0) is 12.1 Å². The third kappa shape index (κ3) is 1.47. The first-order chi connectivity index (χ1) is 5.95. The maximum absolute atomic E-state index is 4.16. The lowest BCUT2D eigenvalue weighted by molar-refractivity contribution is 0.671. The zero-order chi connectivity index (χ0) is 8.23. The fourth-order valence-corrected chi connectivity index (χ4v) is 0.972. The van der Waals surface area contributed by atoms with Gasteiger partial charge in [0.05, 0.1) is 12.2 Å². The monoisotopic (exact) mass is 160 g/mol. The molecule has 0 aromatic carbocycles. The van der Waals surface area contributed by atoms with Crippen molar-refractivity contribution in [3.8, 4) is 0 Å². The Morgan fingerprint density at radius 1 is 1.33 bits per heavy atom. The third-order valence-corrected chi connectivity index (χ3v) is 1.52. The van der Waals surface area contributed by atoms with Crippen LogP contribution in [0.2, 0.25) is 0 Å². The Kier molecular flexibility index (Phi) is 1.82. The van der Waals surface area contributed by atoms with Crippen LogP contribution in [0.4, 0.5) is 0 Å². The fourth-order valence-electron chi connectivity index (χ4n) is 0.972. The third-order valence-electron chi connectivity index (χ3n) is 1.52. The van der Waals surface area contributed by atoms with Gasteiger partial charge in [0.25, 0.3) is 0 Å². The zero-order valence-electron chi connectivity index (χ0n) is 6.46. The van der Waals surface area contributed by atoms with Gasteiger partial charge in [-0.3, -0.25) is 4.98 Å². The maximum atomic E-state index is 4.16. The minimum absolute atomic E-state index is 0.681. The predicted octanol–water partition coefficient (Wildman–Crippen LogP) is 0.721. The number of hydrogen-bond acceptors (Lipinski definition) is 3. The van der Waals surface area contributed by atoms with Crippen molar-refractivity contribution in [1.29, 1.82) is 0 Å². The minimum atomic E-state index is 0.681. The predicted molar refractivity (Wildman–Crippen MR) is 43.4 cm³/mol. The molecule has 0 aliphatic rings. The van der Waals surface area contributed by atoms with Gasteiger partial charge in [-0.1, -0.05) is 6.07 Å². The molecule has 0 saturated carbocycles. The first-order valence-corrected chi connectivity index (χ1v) is 3.67. The van der Waals surface area contributed by atoms with Crippen LogP contribution < -0.4 is 0 Å². The molecule has 0 radical (unpaired) electrons. The average Bonchev–Trinajstić information content (AvgIpc) is 2.59. The average molecular weight is 160 g/mol. The lowest BCUT2D eigenvalue weighted by Crippen LogP contribution is -2.01. The highest BCUT2D eigenvalue weighted by molar-refractivity contribution is 5.03. The van der Waals surface area contributed by atoms with E-state index in [1.54, 1.807) is 17.2 Å². The van der Waals surface area contributed by atoms with Crippen LogP contribution >= 0.6 is 0 Å². The van der Waals surface area contributed by atoms with E-state index in [4.69, 9.17) is 0 Å². The fraction of sp³-hybridized carbons (Fsp3) is 0.125. The highest BCUT2D eigenvalue weighted by Gasteiger charge is 1.93. The molecule has 2 rings (SSSR count). The molecule has 0 spiro atoms. The molecule has 0 aliphatic carbocycles. The Labute approximate surface area is 69.9 Å². The second-order valence-electron chi connectivity index (χ2n) is 2.41. The molecule has 0 N–H and O–H groups in total. The van der Waals surface area contributed by atoms with E-state index in [1.807, 2.05) is 18.2 Å². The van der Waals surface area contributed by atoms with Crippen molar-refractivity contribution in [3.63, 3.8) is 0 Å². The first kappa shape index (κ1) is 6.97. The number of pyridine rings is 1. The smallest absolute Gasteiger partial charge is 0.137 e. The van der Waals surface area contributed by atoms with E-state index >= 15 is 0 Å². The minimum Gasteiger partial charge on any atom is -0.259 e. The van der Waals surface area contributed by atoms with Crippen molar-refractivity contribution >= 4 is 0 Å². The van der Waals surface area contributed by atoms with Gasteiger partial charge in [0.2, 0.25) is 0 Å². The summed E-state index contributed by atoms with van der Waals surface area (Å²) in [5.41, 5.74) is 0.989. The van der Waals surface area contributed by atoms with E-state index in [1.165, 1.54) is 6.33 Å². The molecule has 0 aliphatic heterocycles. The summed E-state index contributed by atoms with van der Waals surface area (Å²) in [5, 5.41) is 3.98. The van der Waals surface area contributed by atoms with Crippen LogP contribution in [0.3, 0.4) is 0 Å². The normalized spacial score (nSPS) is 10.0. The van der Waals surface area contributed by atoms with Gasteiger partial charge < -0.3 is 0 Å². The maximum Gasteiger partial charge on any atom is 0.137 e. The van der Waals surface area contributed by atoms with Crippen LogP contribution in [0.1, 0.15) is 5.69 Å². The summed E-state index contributed by atoms with van der Waals surface area (Å²) in [7, 11) is 0. The van der Waals surface area contributed by atoms with Crippen LogP contribution in [-0.4, -0.2) is 19.7 Å². The van der Waals surface area contributed by atoms with E-state index < -0.39 is 0 Å². The summed E-state index contributed by atoms with van der Waals surface area (Å²) >= 11 is 0. The largest absolute Gasteiger partial charge is 0.259 e. The Morgan fingerprint density at radius 2 is 2.33 bits per heavy atom. The van der Waals surface area contributed by atoms with Gasteiger partial charge in [-0.15, -0.1) is 0 Å². The molecule has 4 heteroatoms. The van der Waals surface area contributed by atoms with Crippen molar-refractivity contribution in [3.05, 3.63) is 42.7 Å². The SMILES string of the molecule is c1ccc(Cn2cncn2)nc1. The molecule has 0 amide bonds. The quantitative estimate of drug-likeness (QED) is 0.650. The van der Waals surface area contributed by atoms with E-state index in [9.17, 15) is 0 Å². The number of aromatic nitrogens is 4. The van der Waals surface area contributed by atoms with Gasteiger partial charge in [-0.25, -0.2) is 9.67 Å². The highest BCUT2D eigenvalue weighted by Crippen LogP contribution is 1.95. The second kappa shape index (κ2) is 3.13. The van der Waals surface area contributed by atoms with Crippen LogP contribution in [-0.2, 0) is 6.54 Å². The number of hydrogen-bond donors (Lipinski definition) is 0. The highest BCUT2D eigenvalue weighted by atomic mass is 15.3. The van der Waals surface area contributed by atoms with Crippen molar-refractivity contribution in [2.24, 2.45) is 0 Å². The number of nitrogens with zero attached hydrogens (tertiary/aromatic N) is 4. The molecule has 2 aromatic rings. The van der Waals surface area contributed by atoms with E-state index in [0.717, 1.165) is 5.69 Å². The summed E-state index contributed by atoms with van der Waals surface area (Å²) < 4.78 is 1.74. The molecule has 0 saturated heterocycles. The summed E-state index contributed by atoms with van der Waals surface area (Å²) in [6, 6.07) is 5.81. The van der Waals surface area contributed by atoms with Crippen molar-refractivity contribution in [1.82, 2.24) is 19.7 Å². The van der Waals surface area contributed by atoms with E-state index in [-0.39, 0.29) is 0 Å². The molecule has 2 aromatic heterocycles. The van der Waals surface area contributed by atoms with Crippen molar-refractivity contribution in [2.45, 2.75) is 6.54 Å². The first-order valence-electron chi connectivity index (χ1n) is 3.67. The van der Waals surface area contributed by atoms with Gasteiger partial charge in [0, 0.05) is 6.20 Å². The molecule has 12 heavy (non-hydrogen) atoms. The molecular formula is C8H8N4. The molecule has 60 valence electrons. The van der Waals surface area contributed by atoms with Crippen LogP contribution in [0, 0.1) is 0 Å². The van der Waals surface area contributed by atoms with E-state index in [0.29, 0.717) is 6.54 Å². The van der Waals surface area contributed by atoms with Gasteiger partial charge in [0.1, 0.15) is 12.7 Å². The molecule has 0 unspecified atom stereocenters. The standard InChI is InChI=1S/C8H8N4/c1-2-4-10-8(3-1)5-12-7-9-6-11-12/h1-4,6-7H,5H2. The summed E-state index contributed by atoms with van der Waals surface area (Å²) in [6.07, 6.45) is 4.96. The molecule has 4 nitrogen and oxygen atoms in total. The lowest BCUT2D eigenvalue weighted by atomic mass is 10.3. The van der Waals surface area contributed by atoms with Gasteiger partial charge in [0.15, 0.2) is 0 Å². The lowest BCUT2D eigenvalue weighted by Gasteiger charge is -1.97. The van der Waals surface area contributed by atoms with E-state index in [2.05, 4.69) is 15.1 Å². The Morgan fingerprint density at radius 3 is 3.00 bits per heavy atom. The summed E-state index contributed by atoms with van der Waals surface area (Å²) in [5.74, 6) is 0. The van der Waals surface area contributed by atoms with Crippen LogP contribution in [0.15, 0.2) is 37.1 Å². The van der Waals surface area contributed by atoms with Crippen LogP contribution in [0.25, 0.3) is 0 Å². The van der Waals surface area contributed by atoms with Gasteiger partial charge >= 0.3 is 0 Å². The summed E-state index contributed by atoms with van der Waals surface area (Å²) in [6.45, 7) is 0.681. The zero-order valence-corrected chi connectivity index (χ0v) is 6.46. The Hall–Kier alpha value is -1.71. The Balaban J connectivity index is 2.15. The van der Waals surface area contributed by atoms with Crippen LogP contribution in [0.5, 0.6) is 0 Å². The number of rotatable bonds is 2.